The summed E-state index contributed by atoms with van der Waals surface area (Å²) in [6, 6.07) is 4.50. The molecular weight excluding hydrogens is 364 g/mol. The summed E-state index contributed by atoms with van der Waals surface area (Å²) >= 11 is 0. The molecule has 0 aliphatic heterocycles. The van der Waals surface area contributed by atoms with E-state index in [9.17, 15) is 17.2 Å². The van der Waals surface area contributed by atoms with Crippen LogP contribution in [-0.4, -0.2) is 45.6 Å². The maximum absolute atomic E-state index is 13.1. The molecule has 0 saturated carbocycles. The number of aromatic nitrogens is 2. The first kappa shape index (κ1) is 20.0. The van der Waals surface area contributed by atoms with Gasteiger partial charge < -0.3 is 10.2 Å². The summed E-state index contributed by atoms with van der Waals surface area (Å²) in [5, 5.41) is 2.94. The Morgan fingerprint density at radius 3 is 2.31 bits per heavy atom. The van der Waals surface area contributed by atoms with Gasteiger partial charge in [0.1, 0.15) is 17.5 Å². The van der Waals surface area contributed by atoms with E-state index >= 15 is 0 Å². The highest BCUT2D eigenvalue weighted by Crippen LogP contribution is 2.12. The van der Waals surface area contributed by atoms with E-state index in [4.69, 9.17) is 0 Å². The molecule has 26 heavy (non-hydrogen) atoms. The zero-order chi connectivity index (χ0) is 19.3. The number of hydrogen-bond acceptors (Lipinski definition) is 6. The van der Waals surface area contributed by atoms with Crippen LogP contribution in [0.15, 0.2) is 24.3 Å². The van der Waals surface area contributed by atoms with E-state index in [1.807, 2.05) is 32.0 Å². The van der Waals surface area contributed by atoms with Crippen LogP contribution < -0.4 is 14.9 Å². The van der Waals surface area contributed by atoms with Gasteiger partial charge in [-0.2, -0.15) is 4.98 Å². The van der Waals surface area contributed by atoms with Crippen molar-refractivity contribution in [2.24, 2.45) is 0 Å². The van der Waals surface area contributed by atoms with Crippen molar-refractivity contribution in [2.75, 3.05) is 37.4 Å². The van der Waals surface area contributed by atoms with Crippen LogP contribution >= 0.6 is 0 Å². The number of aryl methyl sites for hydroxylation is 1. The molecule has 1 aromatic heterocycles. The average Bonchev–Trinajstić information content (AvgIpc) is 2.49. The Bertz CT molecular complexity index is 855. The van der Waals surface area contributed by atoms with Crippen LogP contribution in [0.3, 0.4) is 0 Å². The van der Waals surface area contributed by atoms with Crippen LogP contribution in [-0.2, 0) is 15.8 Å². The fourth-order valence-corrected chi connectivity index (χ4v) is 3.33. The number of hydrogen-bond donors (Lipinski definition) is 2. The number of sulfonamides is 1. The molecule has 2 N–H and O–H groups in total. The van der Waals surface area contributed by atoms with Gasteiger partial charge >= 0.3 is 0 Å². The number of anilines is 2. The van der Waals surface area contributed by atoms with Crippen molar-refractivity contribution < 1.29 is 17.2 Å². The number of benzene rings is 1. The summed E-state index contributed by atoms with van der Waals surface area (Å²) in [6.45, 7) is 2.17. The second-order valence-corrected chi connectivity index (χ2v) is 7.75. The van der Waals surface area contributed by atoms with Crippen molar-refractivity contribution in [3.05, 3.63) is 47.2 Å². The SMILES string of the molecule is Cc1cc(N(C)C)nc(NCCNS(=O)(=O)Cc2cc(F)cc(F)c2)n1. The molecule has 0 aliphatic carbocycles. The van der Waals surface area contributed by atoms with Gasteiger partial charge in [-0.15, -0.1) is 0 Å². The van der Waals surface area contributed by atoms with Crippen LogP contribution in [0.25, 0.3) is 0 Å². The predicted molar refractivity (Wildman–Crippen MR) is 96.6 cm³/mol. The molecule has 0 atom stereocenters. The lowest BCUT2D eigenvalue weighted by Gasteiger charge is -2.14. The highest BCUT2D eigenvalue weighted by atomic mass is 32.2. The standard InChI is InChI=1S/C16H21F2N5O2S/c1-11-6-15(23(2)3)22-16(21-11)19-4-5-20-26(24,25)10-12-7-13(17)9-14(18)8-12/h6-9,20H,4-5,10H2,1-3H3,(H,19,21,22). The van der Waals surface area contributed by atoms with E-state index in [0.29, 0.717) is 12.0 Å². The van der Waals surface area contributed by atoms with Gasteiger partial charge in [-0.1, -0.05) is 0 Å². The van der Waals surface area contributed by atoms with Crippen LogP contribution in [0.4, 0.5) is 20.5 Å². The average molecular weight is 385 g/mol. The molecule has 0 radical (unpaired) electrons. The highest BCUT2D eigenvalue weighted by molar-refractivity contribution is 7.88. The molecule has 0 fully saturated rings. The first-order valence-corrected chi connectivity index (χ1v) is 9.49. The fraction of sp³-hybridized carbons (Fsp3) is 0.375. The first-order chi connectivity index (χ1) is 12.1. The number of rotatable bonds is 8. The van der Waals surface area contributed by atoms with Crippen LogP contribution in [0.5, 0.6) is 0 Å². The molecule has 142 valence electrons. The lowest BCUT2D eigenvalue weighted by Crippen LogP contribution is -2.30. The smallest absolute Gasteiger partial charge is 0.224 e. The molecule has 0 spiro atoms. The maximum Gasteiger partial charge on any atom is 0.224 e. The third-order valence-electron chi connectivity index (χ3n) is 3.31. The van der Waals surface area contributed by atoms with Gasteiger partial charge in [-0.3, -0.25) is 0 Å². The van der Waals surface area contributed by atoms with Gasteiger partial charge in [0.2, 0.25) is 16.0 Å². The van der Waals surface area contributed by atoms with Gasteiger partial charge in [0.05, 0.1) is 5.75 Å². The molecule has 1 aromatic carbocycles. The summed E-state index contributed by atoms with van der Waals surface area (Å²) in [5.41, 5.74) is 0.820. The maximum atomic E-state index is 13.1. The molecule has 0 aliphatic rings. The zero-order valence-electron chi connectivity index (χ0n) is 14.8. The van der Waals surface area contributed by atoms with Crippen molar-refractivity contribution in [3.8, 4) is 0 Å². The molecule has 0 saturated heterocycles. The van der Waals surface area contributed by atoms with Gasteiger partial charge in [-0.05, 0) is 24.6 Å². The molecule has 2 rings (SSSR count). The van der Waals surface area contributed by atoms with E-state index in [-0.39, 0.29) is 18.7 Å². The molecule has 1 heterocycles. The Hall–Kier alpha value is -2.33. The molecular formula is C16H21F2N5O2S. The predicted octanol–water partition coefficient (Wildman–Crippen LogP) is 1.66. The van der Waals surface area contributed by atoms with Crippen molar-refractivity contribution in [3.63, 3.8) is 0 Å². The van der Waals surface area contributed by atoms with E-state index in [1.54, 1.807) is 0 Å². The molecule has 10 heteroatoms. The third-order valence-corrected chi connectivity index (χ3v) is 4.67. The van der Waals surface area contributed by atoms with Crippen molar-refractivity contribution in [1.29, 1.82) is 0 Å². The largest absolute Gasteiger partial charge is 0.363 e. The number of nitrogens with zero attached hydrogens (tertiary/aromatic N) is 3. The fourth-order valence-electron chi connectivity index (χ4n) is 2.21. The number of halogens is 2. The van der Waals surface area contributed by atoms with Crippen molar-refractivity contribution in [2.45, 2.75) is 12.7 Å². The minimum atomic E-state index is -3.72. The van der Waals surface area contributed by atoms with Gasteiger partial charge in [0.25, 0.3) is 0 Å². The van der Waals surface area contributed by atoms with Gasteiger partial charge in [0.15, 0.2) is 0 Å². The Balaban J connectivity index is 1.89. The van der Waals surface area contributed by atoms with Crippen molar-refractivity contribution >= 4 is 21.8 Å². The first-order valence-electron chi connectivity index (χ1n) is 7.84. The monoisotopic (exact) mass is 385 g/mol. The van der Waals surface area contributed by atoms with Crippen LogP contribution in [0.2, 0.25) is 0 Å². The van der Waals surface area contributed by atoms with Crippen LogP contribution in [0.1, 0.15) is 11.3 Å². The summed E-state index contributed by atoms with van der Waals surface area (Å²) in [5.74, 6) is -1.02. The third kappa shape index (κ3) is 6.19. The highest BCUT2D eigenvalue weighted by Gasteiger charge is 2.13. The minimum absolute atomic E-state index is 0.0422. The number of nitrogens with one attached hydrogen (secondary N) is 2. The zero-order valence-corrected chi connectivity index (χ0v) is 15.6. The summed E-state index contributed by atoms with van der Waals surface area (Å²) in [4.78, 5) is 10.4. The normalized spacial score (nSPS) is 11.4. The Morgan fingerprint density at radius 1 is 1.04 bits per heavy atom. The molecule has 0 bridgehead atoms. The summed E-state index contributed by atoms with van der Waals surface area (Å²) in [7, 11) is -0.0126. The molecule has 0 unspecified atom stereocenters. The van der Waals surface area contributed by atoms with E-state index in [1.165, 1.54) is 0 Å². The minimum Gasteiger partial charge on any atom is -0.363 e. The Labute approximate surface area is 151 Å². The molecule has 0 amide bonds. The molecule has 2 aromatic rings. The summed E-state index contributed by atoms with van der Waals surface area (Å²) < 4.78 is 52.7. The summed E-state index contributed by atoms with van der Waals surface area (Å²) in [6.07, 6.45) is 0. The van der Waals surface area contributed by atoms with E-state index in [2.05, 4.69) is 20.0 Å². The second kappa shape index (κ2) is 8.37. The van der Waals surface area contributed by atoms with E-state index < -0.39 is 27.4 Å². The Morgan fingerprint density at radius 2 is 1.69 bits per heavy atom. The lowest BCUT2D eigenvalue weighted by molar-refractivity contribution is 0.575. The second-order valence-electron chi connectivity index (χ2n) is 5.94. The lowest BCUT2D eigenvalue weighted by atomic mass is 10.2. The van der Waals surface area contributed by atoms with Crippen LogP contribution in [0, 0.1) is 18.6 Å². The van der Waals surface area contributed by atoms with Gasteiger partial charge in [-0.25, -0.2) is 26.9 Å². The molecule has 7 nitrogen and oxygen atoms in total. The quantitative estimate of drug-likeness (QED) is 0.672. The Kier molecular flexibility index (Phi) is 6.43. The van der Waals surface area contributed by atoms with Crippen molar-refractivity contribution in [1.82, 2.24) is 14.7 Å². The topological polar surface area (TPSA) is 87.2 Å². The van der Waals surface area contributed by atoms with Gasteiger partial charge in [0, 0.05) is 45.0 Å². The van der Waals surface area contributed by atoms with E-state index in [0.717, 1.165) is 23.6 Å².